The van der Waals surface area contributed by atoms with Gasteiger partial charge >= 0.3 is 0 Å². The highest BCUT2D eigenvalue weighted by Gasteiger charge is 2.24. The van der Waals surface area contributed by atoms with E-state index in [9.17, 15) is 17.6 Å². The van der Waals surface area contributed by atoms with Crippen LogP contribution in [-0.2, 0) is 14.8 Å². The summed E-state index contributed by atoms with van der Waals surface area (Å²) in [5.74, 6) is -1.24. The largest absolute Gasteiger partial charge is 0.497 e. The molecule has 140 valence electrons. The fourth-order valence-electron chi connectivity index (χ4n) is 1.91. The number of nitrogen functional groups attached to an aromatic ring is 1. The van der Waals surface area contributed by atoms with Gasteiger partial charge in [-0.15, -0.1) is 0 Å². The van der Waals surface area contributed by atoms with E-state index in [1.165, 1.54) is 38.3 Å². The second-order valence-corrected chi connectivity index (χ2v) is 7.30. The van der Waals surface area contributed by atoms with Crippen molar-refractivity contribution in [2.45, 2.75) is 17.9 Å². The standard InChI is InChI=1S/C16H16ClFN2O5S/c1-9(25-15-8-14(19)13(18)7-12(15)17)16(21)20-26(22,23)11-5-3-10(24-2)4-6-11/h3-9H,19H2,1-2H3,(H,20,21). The maximum atomic E-state index is 13.3. The molecule has 1 atom stereocenters. The molecule has 0 radical (unpaired) electrons. The van der Waals surface area contributed by atoms with Crippen LogP contribution in [0.2, 0.25) is 5.02 Å². The summed E-state index contributed by atoms with van der Waals surface area (Å²) < 4.78 is 49.9. The lowest BCUT2D eigenvalue weighted by atomic mass is 10.3. The van der Waals surface area contributed by atoms with Crippen molar-refractivity contribution in [1.29, 1.82) is 0 Å². The summed E-state index contributed by atoms with van der Waals surface area (Å²) in [6, 6.07) is 7.51. The topological polar surface area (TPSA) is 108 Å². The average Bonchev–Trinajstić information content (AvgIpc) is 2.59. The number of hydrogen-bond donors (Lipinski definition) is 2. The molecule has 3 N–H and O–H groups in total. The van der Waals surface area contributed by atoms with Gasteiger partial charge in [0.25, 0.3) is 15.9 Å². The Morgan fingerprint density at radius 3 is 2.46 bits per heavy atom. The Labute approximate surface area is 154 Å². The van der Waals surface area contributed by atoms with Crippen molar-refractivity contribution in [3.63, 3.8) is 0 Å². The Kier molecular flexibility index (Phi) is 5.94. The number of sulfonamides is 1. The molecule has 1 amide bonds. The molecule has 0 saturated heterocycles. The first-order valence-corrected chi connectivity index (χ1v) is 9.12. The van der Waals surface area contributed by atoms with Crippen molar-refractivity contribution >= 4 is 33.2 Å². The Hall–Kier alpha value is -2.52. The molecule has 2 rings (SSSR count). The van der Waals surface area contributed by atoms with Crippen LogP contribution in [0.1, 0.15) is 6.92 Å². The van der Waals surface area contributed by atoms with Crippen molar-refractivity contribution in [2.75, 3.05) is 12.8 Å². The summed E-state index contributed by atoms with van der Waals surface area (Å²) in [5, 5.41) is -0.102. The first-order valence-electron chi connectivity index (χ1n) is 7.26. The van der Waals surface area contributed by atoms with Crippen LogP contribution in [0.4, 0.5) is 10.1 Å². The number of nitrogens with one attached hydrogen (secondary N) is 1. The SMILES string of the molecule is COc1ccc(S(=O)(=O)NC(=O)C(C)Oc2cc(N)c(F)cc2Cl)cc1. The highest BCUT2D eigenvalue weighted by Crippen LogP contribution is 2.29. The number of hydrogen-bond acceptors (Lipinski definition) is 6. The molecule has 2 aromatic carbocycles. The molecule has 0 fully saturated rings. The van der Waals surface area contributed by atoms with Gasteiger partial charge in [0.2, 0.25) is 0 Å². The van der Waals surface area contributed by atoms with Crippen molar-refractivity contribution < 1.29 is 27.1 Å². The molecule has 0 saturated carbocycles. The number of carbonyl (C=O) groups is 1. The molecule has 26 heavy (non-hydrogen) atoms. The summed E-state index contributed by atoms with van der Waals surface area (Å²) >= 11 is 5.83. The predicted molar refractivity (Wildman–Crippen MR) is 94.2 cm³/mol. The molecule has 0 bridgehead atoms. The van der Waals surface area contributed by atoms with Crippen LogP contribution in [0.15, 0.2) is 41.3 Å². The minimum atomic E-state index is -4.10. The van der Waals surface area contributed by atoms with E-state index < -0.39 is 27.9 Å². The normalized spacial score (nSPS) is 12.3. The molecule has 2 aromatic rings. The summed E-state index contributed by atoms with van der Waals surface area (Å²) in [4.78, 5) is 12.0. The van der Waals surface area contributed by atoms with Crippen molar-refractivity contribution in [1.82, 2.24) is 4.72 Å². The van der Waals surface area contributed by atoms with Crippen molar-refractivity contribution in [2.24, 2.45) is 0 Å². The van der Waals surface area contributed by atoms with Crippen LogP contribution < -0.4 is 19.9 Å². The second kappa shape index (κ2) is 7.79. The molecule has 0 heterocycles. The molecule has 7 nitrogen and oxygen atoms in total. The molecular formula is C16H16ClFN2O5S. The van der Waals surface area contributed by atoms with Gasteiger partial charge in [0.15, 0.2) is 6.10 Å². The van der Waals surface area contributed by atoms with E-state index in [-0.39, 0.29) is 21.4 Å². The molecule has 0 aliphatic carbocycles. The lowest BCUT2D eigenvalue weighted by Gasteiger charge is -2.16. The van der Waals surface area contributed by atoms with Crippen LogP contribution in [-0.4, -0.2) is 27.5 Å². The Balaban J connectivity index is 2.11. The number of ether oxygens (including phenoxy) is 2. The molecular weight excluding hydrogens is 387 g/mol. The minimum Gasteiger partial charge on any atom is -0.497 e. The summed E-state index contributed by atoms with van der Waals surface area (Å²) in [6.45, 7) is 1.31. The number of carbonyl (C=O) groups excluding carboxylic acids is 1. The summed E-state index contributed by atoms with van der Waals surface area (Å²) in [7, 11) is -2.66. The van der Waals surface area contributed by atoms with Crippen molar-refractivity contribution in [3.8, 4) is 11.5 Å². The number of rotatable bonds is 6. The highest BCUT2D eigenvalue weighted by atomic mass is 35.5. The van der Waals surface area contributed by atoms with Gasteiger partial charge < -0.3 is 15.2 Å². The van der Waals surface area contributed by atoms with Gasteiger partial charge in [-0.25, -0.2) is 17.5 Å². The van der Waals surface area contributed by atoms with Gasteiger partial charge in [0, 0.05) is 6.07 Å². The molecule has 0 aliphatic rings. The quantitative estimate of drug-likeness (QED) is 0.718. The molecule has 1 unspecified atom stereocenters. The summed E-state index contributed by atoms with van der Waals surface area (Å²) in [6.07, 6.45) is -1.23. The number of nitrogens with two attached hydrogens (primary N) is 1. The van der Waals surface area contributed by atoms with E-state index in [1.807, 2.05) is 4.72 Å². The van der Waals surface area contributed by atoms with Crippen LogP contribution in [0.5, 0.6) is 11.5 Å². The lowest BCUT2D eigenvalue weighted by molar-refractivity contribution is -0.125. The van der Waals surface area contributed by atoms with Crippen LogP contribution in [0, 0.1) is 5.82 Å². The highest BCUT2D eigenvalue weighted by molar-refractivity contribution is 7.90. The van der Waals surface area contributed by atoms with Crippen LogP contribution in [0.3, 0.4) is 0 Å². The zero-order valence-corrected chi connectivity index (χ0v) is 15.4. The third-order valence-corrected chi connectivity index (χ3v) is 4.99. The molecule has 0 aromatic heterocycles. The average molecular weight is 403 g/mol. The van der Waals surface area contributed by atoms with E-state index in [1.54, 1.807) is 0 Å². The van der Waals surface area contributed by atoms with Crippen LogP contribution in [0.25, 0.3) is 0 Å². The van der Waals surface area contributed by atoms with Crippen LogP contribution >= 0.6 is 11.6 Å². The fraction of sp³-hybridized carbons (Fsp3) is 0.188. The maximum absolute atomic E-state index is 13.3. The number of methoxy groups -OCH3 is 1. The van der Waals surface area contributed by atoms with Gasteiger partial charge in [0.1, 0.15) is 17.3 Å². The fourth-order valence-corrected chi connectivity index (χ4v) is 3.15. The van der Waals surface area contributed by atoms with Gasteiger partial charge in [-0.3, -0.25) is 4.79 Å². The van der Waals surface area contributed by atoms with Gasteiger partial charge in [-0.1, -0.05) is 11.6 Å². The van der Waals surface area contributed by atoms with Gasteiger partial charge in [0.05, 0.1) is 22.7 Å². The third-order valence-electron chi connectivity index (χ3n) is 3.33. The number of amides is 1. The zero-order chi connectivity index (χ0) is 19.5. The number of benzene rings is 2. The molecule has 0 aliphatic heterocycles. The summed E-state index contributed by atoms with van der Waals surface area (Å²) in [5.41, 5.74) is 5.20. The Morgan fingerprint density at radius 2 is 1.88 bits per heavy atom. The first kappa shape index (κ1) is 19.8. The molecule has 10 heteroatoms. The minimum absolute atomic E-state index is 0.0462. The smallest absolute Gasteiger partial charge is 0.274 e. The van der Waals surface area contributed by atoms with Crippen molar-refractivity contribution in [3.05, 3.63) is 47.2 Å². The molecule has 0 spiro atoms. The first-order chi connectivity index (χ1) is 12.1. The monoisotopic (exact) mass is 402 g/mol. The second-order valence-electron chi connectivity index (χ2n) is 5.21. The number of anilines is 1. The van der Waals surface area contributed by atoms with Gasteiger partial charge in [-0.05, 0) is 37.3 Å². The van der Waals surface area contributed by atoms with E-state index in [4.69, 9.17) is 26.8 Å². The predicted octanol–water partition coefficient (Wildman–Crippen LogP) is 2.34. The van der Waals surface area contributed by atoms with E-state index in [0.29, 0.717) is 5.75 Å². The lowest BCUT2D eigenvalue weighted by Crippen LogP contribution is -2.40. The van der Waals surface area contributed by atoms with E-state index >= 15 is 0 Å². The third kappa shape index (κ3) is 4.55. The Morgan fingerprint density at radius 1 is 1.27 bits per heavy atom. The van der Waals surface area contributed by atoms with E-state index in [0.717, 1.165) is 12.1 Å². The number of halogens is 2. The maximum Gasteiger partial charge on any atom is 0.274 e. The Bertz CT molecular complexity index is 919. The van der Waals surface area contributed by atoms with Gasteiger partial charge in [-0.2, -0.15) is 0 Å². The van der Waals surface area contributed by atoms with E-state index in [2.05, 4.69) is 0 Å². The zero-order valence-electron chi connectivity index (χ0n) is 13.8.